The molecule has 1 fully saturated rings. The van der Waals surface area contributed by atoms with Crippen molar-refractivity contribution in [2.24, 2.45) is 5.92 Å². The van der Waals surface area contributed by atoms with Crippen LogP contribution in [0.5, 0.6) is 0 Å². The highest BCUT2D eigenvalue weighted by Gasteiger charge is 2.58. The van der Waals surface area contributed by atoms with Gasteiger partial charge in [-0.05, 0) is 30.9 Å². The largest absolute Gasteiger partial charge is 0.406 e. The molecule has 4 rings (SSSR count). The number of carbonyl (C=O) groups is 2. The molecule has 1 saturated carbocycles. The second-order valence-corrected chi connectivity index (χ2v) is 6.88. The van der Waals surface area contributed by atoms with E-state index in [0.717, 1.165) is 18.9 Å². The van der Waals surface area contributed by atoms with E-state index < -0.39 is 30.1 Å². The normalized spacial score (nSPS) is 25.9. The Morgan fingerprint density at radius 3 is 2.56 bits per heavy atom. The second kappa shape index (κ2) is 5.34. The number of carbonyl (C=O) groups excluding carboxylic acids is 2. The van der Waals surface area contributed by atoms with Crippen LogP contribution < -0.4 is 4.90 Å². The topological polar surface area (TPSA) is 40.6 Å². The predicted molar refractivity (Wildman–Crippen MR) is 84.7 cm³/mol. The standard InChI is InChI=1S/C18H17F3N2O2/c19-18(20,21)11-23-15(24)6-3-9-17(23)13-4-1-2-5-14(13)22(16(17)25)10-12-7-8-12/h1-6,12H,7-11H2. The van der Waals surface area contributed by atoms with Gasteiger partial charge in [0.15, 0.2) is 5.54 Å². The van der Waals surface area contributed by atoms with Gasteiger partial charge in [0.1, 0.15) is 6.54 Å². The first kappa shape index (κ1) is 16.2. The zero-order valence-corrected chi connectivity index (χ0v) is 13.4. The van der Waals surface area contributed by atoms with Gasteiger partial charge in [0, 0.05) is 24.2 Å². The fourth-order valence-electron chi connectivity index (χ4n) is 3.82. The summed E-state index contributed by atoms with van der Waals surface area (Å²) in [6.45, 7) is -0.942. The second-order valence-electron chi connectivity index (χ2n) is 6.88. The van der Waals surface area contributed by atoms with Crippen molar-refractivity contribution in [3.63, 3.8) is 0 Å². The van der Waals surface area contributed by atoms with Crippen molar-refractivity contribution in [1.29, 1.82) is 0 Å². The van der Waals surface area contributed by atoms with Crippen LogP contribution in [0.4, 0.5) is 18.9 Å². The van der Waals surface area contributed by atoms with Gasteiger partial charge in [0.05, 0.1) is 0 Å². The Morgan fingerprint density at radius 1 is 1.16 bits per heavy atom. The van der Waals surface area contributed by atoms with Crippen molar-refractivity contribution in [2.45, 2.75) is 31.0 Å². The molecule has 7 heteroatoms. The Bertz CT molecular complexity index is 770. The number of nitrogens with zero attached hydrogens (tertiary/aromatic N) is 2. The first-order valence-electron chi connectivity index (χ1n) is 8.29. The maximum Gasteiger partial charge on any atom is 0.406 e. The molecule has 0 radical (unpaired) electrons. The summed E-state index contributed by atoms with van der Waals surface area (Å²) in [6.07, 6.45) is 0.147. The molecule has 1 spiro atoms. The van der Waals surface area contributed by atoms with Gasteiger partial charge in [-0.25, -0.2) is 0 Å². The molecule has 2 aliphatic heterocycles. The van der Waals surface area contributed by atoms with Crippen molar-refractivity contribution < 1.29 is 22.8 Å². The van der Waals surface area contributed by atoms with E-state index in [1.165, 1.54) is 6.08 Å². The molecular weight excluding hydrogens is 333 g/mol. The summed E-state index contributed by atoms with van der Waals surface area (Å²) >= 11 is 0. The van der Waals surface area contributed by atoms with E-state index in [1.54, 1.807) is 29.2 Å². The first-order valence-corrected chi connectivity index (χ1v) is 8.29. The monoisotopic (exact) mass is 350 g/mol. The predicted octanol–water partition coefficient (Wildman–Crippen LogP) is 2.99. The van der Waals surface area contributed by atoms with Crippen molar-refractivity contribution >= 4 is 17.5 Å². The smallest absolute Gasteiger partial charge is 0.311 e. The molecule has 1 atom stereocenters. The van der Waals surface area contributed by atoms with Crippen molar-refractivity contribution in [3.8, 4) is 0 Å². The van der Waals surface area contributed by atoms with Gasteiger partial charge >= 0.3 is 6.18 Å². The number of hydrogen-bond donors (Lipinski definition) is 0. The summed E-state index contributed by atoms with van der Waals surface area (Å²) in [5.74, 6) is -0.819. The van der Waals surface area contributed by atoms with Gasteiger partial charge in [-0.3, -0.25) is 9.59 Å². The lowest BCUT2D eigenvalue weighted by molar-refractivity contribution is -0.174. The van der Waals surface area contributed by atoms with Crippen LogP contribution in [-0.4, -0.2) is 36.0 Å². The summed E-state index contributed by atoms with van der Waals surface area (Å²) in [4.78, 5) is 27.8. The molecule has 4 nitrogen and oxygen atoms in total. The van der Waals surface area contributed by atoms with Gasteiger partial charge in [-0.2, -0.15) is 13.2 Å². The maximum atomic E-state index is 13.3. The molecule has 1 aromatic carbocycles. The number of amides is 2. The number of anilines is 1. The third-order valence-electron chi connectivity index (χ3n) is 5.11. The molecule has 0 N–H and O–H groups in total. The van der Waals surface area contributed by atoms with Gasteiger partial charge in [-0.1, -0.05) is 24.3 Å². The number of rotatable bonds is 3. The Labute approximate surface area is 142 Å². The fraction of sp³-hybridized carbons (Fsp3) is 0.444. The summed E-state index contributed by atoms with van der Waals surface area (Å²) in [5.41, 5.74) is -0.482. The molecule has 1 aromatic rings. The van der Waals surface area contributed by atoms with E-state index in [0.29, 0.717) is 28.6 Å². The van der Waals surface area contributed by atoms with Crippen LogP contribution in [0, 0.1) is 5.92 Å². The summed E-state index contributed by atoms with van der Waals surface area (Å²) in [7, 11) is 0. The minimum atomic E-state index is -4.58. The number of para-hydroxylation sites is 1. The molecule has 2 heterocycles. The van der Waals surface area contributed by atoms with Crippen molar-refractivity contribution in [1.82, 2.24) is 4.90 Å². The number of hydrogen-bond acceptors (Lipinski definition) is 2. The Morgan fingerprint density at radius 2 is 1.88 bits per heavy atom. The third kappa shape index (κ3) is 2.53. The van der Waals surface area contributed by atoms with Gasteiger partial charge in [-0.15, -0.1) is 0 Å². The van der Waals surface area contributed by atoms with Gasteiger partial charge < -0.3 is 9.80 Å². The summed E-state index contributed by atoms with van der Waals surface area (Å²) < 4.78 is 39.4. The van der Waals surface area contributed by atoms with Gasteiger partial charge in [0.25, 0.3) is 5.91 Å². The maximum absolute atomic E-state index is 13.3. The molecule has 3 aliphatic rings. The number of benzene rings is 1. The van der Waals surface area contributed by atoms with Crippen molar-refractivity contribution in [2.75, 3.05) is 18.0 Å². The van der Waals surface area contributed by atoms with Gasteiger partial charge in [0.2, 0.25) is 5.91 Å². The van der Waals surface area contributed by atoms with Crippen LogP contribution >= 0.6 is 0 Å². The quantitative estimate of drug-likeness (QED) is 0.841. The van der Waals surface area contributed by atoms with Crippen LogP contribution in [0.3, 0.4) is 0 Å². The van der Waals surface area contributed by atoms with Crippen LogP contribution in [0.25, 0.3) is 0 Å². The van der Waals surface area contributed by atoms with Crippen molar-refractivity contribution in [3.05, 3.63) is 42.0 Å². The van der Waals surface area contributed by atoms with E-state index in [9.17, 15) is 22.8 Å². The molecule has 1 unspecified atom stereocenters. The van der Waals surface area contributed by atoms with E-state index in [2.05, 4.69) is 0 Å². The molecule has 132 valence electrons. The summed E-state index contributed by atoms with van der Waals surface area (Å²) in [5, 5.41) is 0. The van der Waals surface area contributed by atoms with Crippen LogP contribution in [0.2, 0.25) is 0 Å². The zero-order valence-electron chi connectivity index (χ0n) is 13.4. The van der Waals surface area contributed by atoms with Crippen LogP contribution in [0.15, 0.2) is 36.4 Å². The minimum absolute atomic E-state index is 0.0613. The highest BCUT2D eigenvalue weighted by molar-refractivity contribution is 6.11. The molecular formula is C18H17F3N2O2. The number of fused-ring (bicyclic) bond motifs is 2. The highest BCUT2D eigenvalue weighted by atomic mass is 19.4. The lowest BCUT2D eigenvalue weighted by Crippen LogP contribution is -2.58. The Kier molecular flexibility index (Phi) is 3.46. The van der Waals surface area contributed by atoms with E-state index in [4.69, 9.17) is 0 Å². The van der Waals surface area contributed by atoms with E-state index in [-0.39, 0.29) is 6.42 Å². The molecule has 0 bridgehead atoms. The average Bonchev–Trinajstić information content (AvgIpc) is 3.34. The Balaban J connectivity index is 1.84. The SMILES string of the molecule is O=C1C=CCC2(C(=O)N(CC3CC3)c3ccccc32)N1CC(F)(F)F. The average molecular weight is 350 g/mol. The lowest BCUT2D eigenvalue weighted by Gasteiger charge is -2.41. The van der Waals surface area contributed by atoms with E-state index >= 15 is 0 Å². The van der Waals surface area contributed by atoms with E-state index in [1.807, 2.05) is 0 Å². The zero-order chi connectivity index (χ0) is 17.8. The summed E-state index contributed by atoms with van der Waals surface area (Å²) in [6, 6.07) is 6.87. The first-order chi connectivity index (χ1) is 11.8. The lowest BCUT2D eigenvalue weighted by atomic mass is 9.83. The fourth-order valence-corrected chi connectivity index (χ4v) is 3.82. The Hall–Kier alpha value is -2.31. The van der Waals surface area contributed by atoms with Crippen LogP contribution in [0.1, 0.15) is 24.8 Å². The third-order valence-corrected chi connectivity index (χ3v) is 5.11. The molecule has 25 heavy (non-hydrogen) atoms. The molecule has 2 amide bonds. The van der Waals surface area contributed by atoms with Crippen LogP contribution in [-0.2, 0) is 15.1 Å². The molecule has 1 aliphatic carbocycles. The number of alkyl halides is 3. The number of halogens is 3. The highest BCUT2D eigenvalue weighted by Crippen LogP contribution is 2.49. The molecule has 0 saturated heterocycles. The minimum Gasteiger partial charge on any atom is -0.311 e. The molecule has 0 aromatic heterocycles.